The number of nitrogens with zero attached hydrogens (tertiary/aromatic N) is 1. The topological polar surface area (TPSA) is 46.3 Å². The summed E-state index contributed by atoms with van der Waals surface area (Å²) in [5, 5.41) is 0. The molecule has 1 aromatic rings. The highest BCUT2D eigenvalue weighted by molar-refractivity contribution is 5.94. The Morgan fingerprint density at radius 3 is 2.67 bits per heavy atom. The number of amides is 1. The van der Waals surface area contributed by atoms with Gasteiger partial charge in [-0.1, -0.05) is 0 Å². The number of benzene rings is 1. The van der Waals surface area contributed by atoms with Crippen molar-refractivity contribution in [2.24, 2.45) is 11.7 Å². The van der Waals surface area contributed by atoms with E-state index < -0.39 is 28.9 Å². The molecule has 0 aromatic heterocycles. The first-order chi connectivity index (χ1) is 8.54. The Morgan fingerprint density at radius 2 is 2.06 bits per heavy atom. The van der Waals surface area contributed by atoms with Crippen molar-refractivity contribution in [3.05, 3.63) is 35.1 Å². The summed E-state index contributed by atoms with van der Waals surface area (Å²) in [6.07, 6.45) is 0.744. The molecule has 1 aromatic carbocycles. The average Bonchev–Trinajstić information content (AvgIpc) is 2.84. The Bertz CT molecular complexity index is 479. The molecule has 3 nitrogen and oxygen atoms in total. The standard InChI is InChI=1S/C12H13F3N2O/c13-9-2-1-8(10(14)11(9)15)12(18)17-4-3-7(5-16)6-17/h1-2,7H,3-6,16H2. The predicted molar refractivity (Wildman–Crippen MR) is 59.4 cm³/mol. The Labute approximate surface area is 102 Å². The molecule has 0 spiro atoms. The zero-order valence-corrected chi connectivity index (χ0v) is 9.63. The van der Waals surface area contributed by atoms with Crippen LogP contribution in [-0.2, 0) is 0 Å². The minimum atomic E-state index is -1.62. The monoisotopic (exact) mass is 258 g/mol. The maximum atomic E-state index is 13.5. The van der Waals surface area contributed by atoms with Gasteiger partial charge in [0, 0.05) is 13.1 Å². The molecule has 1 amide bonds. The molecule has 1 atom stereocenters. The second-order valence-corrected chi connectivity index (χ2v) is 4.36. The number of rotatable bonds is 2. The zero-order chi connectivity index (χ0) is 13.3. The third-order valence-electron chi connectivity index (χ3n) is 3.17. The normalized spacial score (nSPS) is 19.3. The second kappa shape index (κ2) is 4.97. The van der Waals surface area contributed by atoms with Gasteiger partial charge in [-0.2, -0.15) is 0 Å². The number of carbonyl (C=O) groups excluding carboxylic acids is 1. The Hall–Kier alpha value is -1.56. The fourth-order valence-corrected chi connectivity index (χ4v) is 2.07. The third kappa shape index (κ3) is 2.20. The summed E-state index contributed by atoms with van der Waals surface area (Å²) in [5.74, 6) is -4.79. The van der Waals surface area contributed by atoms with Crippen molar-refractivity contribution in [1.29, 1.82) is 0 Å². The summed E-state index contributed by atoms with van der Waals surface area (Å²) < 4.78 is 39.3. The molecule has 2 N–H and O–H groups in total. The van der Waals surface area contributed by atoms with Crippen molar-refractivity contribution in [1.82, 2.24) is 4.90 Å². The van der Waals surface area contributed by atoms with Crippen LogP contribution < -0.4 is 5.73 Å². The first-order valence-electron chi connectivity index (χ1n) is 5.67. The van der Waals surface area contributed by atoms with Gasteiger partial charge in [0.05, 0.1) is 5.56 Å². The van der Waals surface area contributed by atoms with Crippen LogP contribution in [0.15, 0.2) is 12.1 Å². The summed E-state index contributed by atoms with van der Waals surface area (Å²) in [4.78, 5) is 13.4. The van der Waals surface area contributed by atoms with Crippen LogP contribution in [0.4, 0.5) is 13.2 Å². The molecule has 0 radical (unpaired) electrons. The van der Waals surface area contributed by atoms with Gasteiger partial charge in [0.25, 0.3) is 5.91 Å². The number of halogens is 3. The van der Waals surface area contributed by atoms with Crippen LogP contribution in [0.25, 0.3) is 0 Å². The van der Waals surface area contributed by atoms with Crippen molar-refractivity contribution >= 4 is 5.91 Å². The average molecular weight is 258 g/mol. The summed E-state index contributed by atoms with van der Waals surface area (Å²) in [6, 6.07) is 1.72. The van der Waals surface area contributed by atoms with Gasteiger partial charge in [-0.05, 0) is 31.0 Å². The second-order valence-electron chi connectivity index (χ2n) is 4.36. The largest absolute Gasteiger partial charge is 0.338 e. The van der Waals surface area contributed by atoms with Crippen LogP contribution in [0.3, 0.4) is 0 Å². The van der Waals surface area contributed by atoms with Gasteiger partial charge in [-0.15, -0.1) is 0 Å². The molecular weight excluding hydrogens is 245 g/mol. The van der Waals surface area contributed by atoms with Gasteiger partial charge < -0.3 is 10.6 Å². The van der Waals surface area contributed by atoms with E-state index in [4.69, 9.17) is 5.73 Å². The number of nitrogens with two attached hydrogens (primary N) is 1. The summed E-state index contributed by atoms with van der Waals surface area (Å²) in [5.41, 5.74) is 5.05. The fourth-order valence-electron chi connectivity index (χ4n) is 2.07. The highest BCUT2D eigenvalue weighted by atomic mass is 19.2. The summed E-state index contributed by atoms with van der Waals surface area (Å²) in [7, 11) is 0. The maximum Gasteiger partial charge on any atom is 0.256 e. The van der Waals surface area contributed by atoms with Crippen LogP contribution in [0.2, 0.25) is 0 Å². The van der Waals surface area contributed by atoms with E-state index in [1.807, 2.05) is 0 Å². The quantitative estimate of drug-likeness (QED) is 0.818. The van der Waals surface area contributed by atoms with Gasteiger partial charge in [0.1, 0.15) is 0 Å². The molecule has 0 bridgehead atoms. The fraction of sp³-hybridized carbons (Fsp3) is 0.417. The zero-order valence-electron chi connectivity index (χ0n) is 9.63. The molecule has 2 rings (SSSR count). The Kier molecular flexibility index (Phi) is 3.56. The number of hydrogen-bond acceptors (Lipinski definition) is 2. The van der Waals surface area contributed by atoms with Gasteiger partial charge in [-0.3, -0.25) is 4.79 Å². The Morgan fingerprint density at radius 1 is 1.33 bits per heavy atom. The van der Waals surface area contributed by atoms with Gasteiger partial charge in [0.15, 0.2) is 17.5 Å². The minimum absolute atomic E-state index is 0.183. The van der Waals surface area contributed by atoms with E-state index in [1.165, 1.54) is 4.90 Å². The molecule has 1 unspecified atom stereocenters. The van der Waals surface area contributed by atoms with Gasteiger partial charge in [-0.25, -0.2) is 13.2 Å². The molecule has 1 aliphatic heterocycles. The van der Waals surface area contributed by atoms with Crippen LogP contribution in [0, 0.1) is 23.4 Å². The summed E-state index contributed by atoms with van der Waals surface area (Å²) in [6.45, 7) is 1.33. The predicted octanol–water partition coefficient (Wildman–Crippen LogP) is 1.52. The maximum absolute atomic E-state index is 13.5. The molecule has 1 aliphatic rings. The molecule has 1 heterocycles. The molecular formula is C12H13F3N2O. The molecule has 18 heavy (non-hydrogen) atoms. The summed E-state index contributed by atoms with van der Waals surface area (Å²) >= 11 is 0. The van der Waals surface area contributed by atoms with E-state index in [0.29, 0.717) is 19.6 Å². The molecule has 98 valence electrons. The Balaban J connectivity index is 2.22. The SMILES string of the molecule is NCC1CCN(C(=O)c2ccc(F)c(F)c2F)C1. The van der Waals surface area contributed by atoms with E-state index in [2.05, 4.69) is 0 Å². The van der Waals surface area contributed by atoms with Crippen molar-refractivity contribution in [3.8, 4) is 0 Å². The van der Waals surface area contributed by atoms with Crippen LogP contribution >= 0.6 is 0 Å². The molecule has 1 fully saturated rings. The molecule has 0 aliphatic carbocycles. The lowest BCUT2D eigenvalue weighted by molar-refractivity contribution is 0.0781. The van der Waals surface area contributed by atoms with Crippen LogP contribution in [0.5, 0.6) is 0 Å². The van der Waals surface area contributed by atoms with E-state index in [-0.39, 0.29) is 5.92 Å². The van der Waals surface area contributed by atoms with Crippen molar-refractivity contribution in [3.63, 3.8) is 0 Å². The number of likely N-dealkylation sites (tertiary alicyclic amines) is 1. The van der Waals surface area contributed by atoms with Gasteiger partial charge >= 0.3 is 0 Å². The first-order valence-corrected chi connectivity index (χ1v) is 5.67. The first kappa shape index (κ1) is 12.9. The third-order valence-corrected chi connectivity index (χ3v) is 3.17. The van der Waals surface area contributed by atoms with E-state index in [0.717, 1.165) is 18.6 Å². The smallest absolute Gasteiger partial charge is 0.256 e. The highest BCUT2D eigenvalue weighted by Gasteiger charge is 2.28. The van der Waals surface area contributed by atoms with Crippen LogP contribution in [-0.4, -0.2) is 30.4 Å². The van der Waals surface area contributed by atoms with Crippen molar-refractivity contribution < 1.29 is 18.0 Å². The van der Waals surface area contributed by atoms with Crippen molar-refractivity contribution in [2.75, 3.05) is 19.6 Å². The van der Waals surface area contributed by atoms with Crippen LogP contribution in [0.1, 0.15) is 16.8 Å². The number of hydrogen-bond donors (Lipinski definition) is 1. The highest BCUT2D eigenvalue weighted by Crippen LogP contribution is 2.21. The molecule has 0 saturated carbocycles. The minimum Gasteiger partial charge on any atom is -0.338 e. The molecule has 6 heteroatoms. The van der Waals surface area contributed by atoms with E-state index >= 15 is 0 Å². The lowest BCUT2D eigenvalue weighted by atomic mass is 10.1. The number of carbonyl (C=O) groups is 1. The van der Waals surface area contributed by atoms with Gasteiger partial charge in [0.2, 0.25) is 0 Å². The lowest BCUT2D eigenvalue weighted by Crippen LogP contribution is -2.30. The van der Waals surface area contributed by atoms with E-state index in [1.54, 1.807) is 0 Å². The van der Waals surface area contributed by atoms with E-state index in [9.17, 15) is 18.0 Å². The molecule has 1 saturated heterocycles. The lowest BCUT2D eigenvalue weighted by Gasteiger charge is -2.16. The van der Waals surface area contributed by atoms with Crippen molar-refractivity contribution in [2.45, 2.75) is 6.42 Å².